The largest absolute Gasteiger partial charge is 0.390 e. The third kappa shape index (κ3) is 5.98. The summed E-state index contributed by atoms with van der Waals surface area (Å²) in [6.07, 6.45) is 7.73. The van der Waals surface area contributed by atoms with Gasteiger partial charge in [0.1, 0.15) is 18.0 Å². The van der Waals surface area contributed by atoms with E-state index < -0.39 is 5.60 Å². The van der Waals surface area contributed by atoms with Crippen LogP contribution in [0, 0.1) is 5.92 Å². The summed E-state index contributed by atoms with van der Waals surface area (Å²) in [5.41, 5.74) is 3.61. The number of piperidine rings is 1. The van der Waals surface area contributed by atoms with Gasteiger partial charge in [-0.25, -0.2) is 15.0 Å². The third-order valence-corrected chi connectivity index (χ3v) is 7.56. The first-order chi connectivity index (χ1) is 18.8. The van der Waals surface area contributed by atoms with Crippen LogP contribution in [0.5, 0.6) is 0 Å². The number of fused-ring (bicyclic) bond motifs is 1. The van der Waals surface area contributed by atoms with Crippen LogP contribution in [0.3, 0.4) is 0 Å². The second-order valence-electron chi connectivity index (χ2n) is 10.5. The van der Waals surface area contributed by atoms with Gasteiger partial charge in [-0.2, -0.15) is 0 Å². The van der Waals surface area contributed by atoms with E-state index in [1.54, 1.807) is 25.6 Å². The predicted octanol–water partition coefficient (Wildman–Crippen LogP) is 4.09. The summed E-state index contributed by atoms with van der Waals surface area (Å²) >= 11 is 0. The Morgan fingerprint density at radius 1 is 1.08 bits per heavy atom. The van der Waals surface area contributed by atoms with Gasteiger partial charge in [0.25, 0.3) is 5.91 Å². The number of aromatic nitrogens is 4. The van der Waals surface area contributed by atoms with Crippen molar-refractivity contribution in [2.45, 2.75) is 38.7 Å². The zero-order valence-corrected chi connectivity index (χ0v) is 22.7. The van der Waals surface area contributed by atoms with Crippen molar-refractivity contribution in [3.8, 4) is 11.3 Å². The molecule has 1 amide bonds. The average molecular weight is 526 g/mol. The molecule has 9 heteroatoms. The van der Waals surface area contributed by atoms with E-state index in [0.717, 1.165) is 71.7 Å². The van der Waals surface area contributed by atoms with Gasteiger partial charge in [-0.1, -0.05) is 18.2 Å². The van der Waals surface area contributed by atoms with Crippen molar-refractivity contribution in [2.24, 2.45) is 5.92 Å². The quantitative estimate of drug-likeness (QED) is 0.315. The van der Waals surface area contributed by atoms with E-state index in [9.17, 15) is 9.90 Å². The molecule has 0 spiro atoms. The highest BCUT2D eigenvalue weighted by Gasteiger charge is 2.30. The van der Waals surface area contributed by atoms with Crippen LogP contribution >= 0.6 is 0 Å². The van der Waals surface area contributed by atoms with Crippen molar-refractivity contribution in [3.05, 3.63) is 72.3 Å². The Hall–Kier alpha value is -4.11. The number of nitrogens with zero attached hydrogens (tertiary/aromatic N) is 5. The molecule has 0 radical (unpaired) electrons. The molecule has 4 heterocycles. The second-order valence-corrected chi connectivity index (χ2v) is 10.5. The van der Waals surface area contributed by atoms with Crippen molar-refractivity contribution in [3.63, 3.8) is 0 Å². The molecule has 1 aliphatic rings. The molecule has 4 aromatic rings. The number of para-hydroxylation sites is 1. The van der Waals surface area contributed by atoms with Crippen LogP contribution in [0.2, 0.25) is 0 Å². The Labute approximate surface area is 228 Å². The molecule has 1 aromatic carbocycles. The fraction of sp³-hybridized carbons (Fsp3) is 0.367. The maximum absolute atomic E-state index is 12.2. The van der Waals surface area contributed by atoms with Crippen LogP contribution in [0.15, 0.2) is 61.2 Å². The lowest BCUT2D eigenvalue weighted by Crippen LogP contribution is -2.42. The van der Waals surface area contributed by atoms with Crippen molar-refractivity contribution in [2.75, 3.05) is 36.9 Å². The first-order valence-electron chi connectivity index (χ1n) is 13.4. The number of nitrogens with one attached hydrogen (secondary N) is 2. The molecular formula is C30H35N7O2. The van der Waals surface area contributed by atoms with Gasteiger partial charge in [0.15, 0.2) is 0 Å². The van der Waals surface area contributed by atoms with E-state index in [2.05, 4.69) is 30.5 Å². The summed E-state index contributed by atoms with van der Waals surface area (Å²) in [4.78, 5) is 32.6. The molecule has 9 nitrogen and oxygen atoms in total. The minimum absolute atomic E-state index is 0.121. The van der Waals surface area contributed by atoms with Crippen molar-refractivity contribution in [1.29, 1.82) is 0 Å². The summed E-state index contributed by atoms with van der Waals surface area (Å²) in [6.45, 7) is 6.23. The SMILES string of the molecule is CNC(=O)c1ccnc2c(CCNc3cc(-c4ccc(N5CCC(C(C)(C)O)CC5)nc4)ncn3)cccc12. The standard InChI is InChI=1S/C30H35N7O2/c1-30(2,39)22-11-15-37(16-12-22)27-8-7-21(18-34-27)25-17-26(36-19-35-25)32-13-9-20-5-4-6-23-24(29(38)31-3)10-14-33-28(20)23/h4-8,10,14,17-19,22,39H,9,11-13,15-16H2,1-3H3,(H,31,38)(H,32,35,36). The second kappa shape index (κ2) is 11.3. The molecule has 1 fully saturated rings. The van der Waals surface area contributed by atoms with Crippen LogP contribution in [-0.4, -0.2) is 63.2 Å². The molecule has 0 atom stereocenters. The van der Waals surface area contributed by atoms with Crippen LogP contribution in [-0.2, 0) is 6.42 Å². The lowest BCUT2D eigenvalue weighted by atomic mass is 9.83. The number of anilines is 2. The number of benzene rings is 1. The van der Waals surface area contributed by atoms with Gasteiger partial charge in [-0.3, -0.25) is 9.78 Å². The van der Waals surface area contributed by atoms with E-state index in [1.807, 2.05) is 56.4 Å². The Morgan fingerprint density at radius 2 is 1.90 bits per heavy atom. The highest BCUT2D eigenvalue weighted by atomic mass is 16.3. The van der Waals surface area contributed by atoms with Crippen LogP contribution in [0.4, 0.5) is 11.6 Å². The minimum Gasteiger partial charge on any atom is -0.390 e. The fourth-order valence-corrected chi connectivity index (χ4v) is 5.25. The Balaban J connectivity index is 1.22. The van der Waals surface area contributed by atoms with Crippen molar-refractivity contribution >= 4 is 28.4 Å². The summed E-state index contributed by atoms with van der Waals surface area (Å²) in [5.74, 6) is 1.88. The molecular weight excluding hydrogens is 490 g/mol. The van der Waals surface area contributed by atoms with E-state index >= 15 is 0 Å². The van der Waals surface area contributed by atoms with Gasteiger partial charge in [-0.05, 0) is 62.8 Å². The smallest absolute Gasteiger partial charge is 0.251 e. The van der Waals surface area contributed by atoms with Crippen molar-refractivity contribution < 1.29 is 9.90 Å². The van der Waals surface area contributed by atoms with Crippen LogP contribution < -0.4 is 15.5 Å². The topological polar surface area (TPSA) is 116 Å². The monoisotopic (exact) mass is 525 g/mol. The maximum atomic E-state index is 12.2. The lowest BCUT2D eigenvalue weighted by molar-refractivity contribution is 0.00645. The number of aliphatic hydroxyl groups is 1. The molecule has 3 N–H and O–H groups in total. The normalized spacial score (nSPS) is 14.4. The molecule has 202 valence electrons. The molecule has 0 bridgehead atoms. The third-order valence-electron chi connectivity index (χ3n) is 7.56. The number of hydrogen-bond donors (Lipinski definition) is 3. The molecule has 0 unspecified atom stereocenters. The lowest BCUT2D eigenvalue weighted by Gasteiger charge is -2.38. The number of amides is 1. The summed E-state index contributed by atoms with van der Waals surface area (Å²) in [5, 5.41) is 17.2. The number of carbonyl (C=O) groups is 1. The van der Waals surface area contributed by atoms with Crippen molar-refractivity contribution in [1.82, 2.24) is 25.3 Å². The van der Waals surface area contributed by atoms with Gasteiger partial charge < -0.3 is 20.6 Å². The van der Waals surface area contributed by atoms with Gasteiger partial charge in [0.2, 0.25) is 0 Å². The van der Waals surface area contributed by atoms with E-state index in [4.69, 9.17) is 4.98 Å². The number of hydrogen-bond acceptors (Lipinski definition) is 8. The number of carbonyl (C=O) groups excluding carboxylic acids is 1. The molecule has 39 heavy (non-hydrogen) atoms. The first-order valence-corrected chi connectivity index (χ1v) is 13.4. The van der Waals surface area contributed by atoms with Crippen LogP contribution in [0.25, 0.3) is 22.2 Å². The molecule has 1 saturated heterocycles. The molecule has 0 saturated carbocycles. The highest BCUT2D eigenvalue weighted by molar-refractivity contribution is 6.06. The van der Waals surface area contributed by atoms with E-state index in [0.29, 0.717) is 18.0 Å². The molecule has 0 aliphatic carbocycles. The minimum atomic E-state index is -0.635. The predicted molar refractivity (Wildman–Crippen MR) is 154 cm³/mol. The van der Waals surface area contributed by atoms with E-state index in [1.165, 1.54) is 0 Å². The Bertz CT molecular complexity index is 1440. The fourth-order valence-electron chi connectivity index (χ4n) is 5.25. The van der Waals surface area contributed by atoms with Gasteiger partial charge in [-0.15, -0.1) is 0 Å². The molecule has 5 rings (SSSR count). The summed E-state index contributed by atoms with van der Waals surface area (Å²) in [7, 11) is 1.63. The zero-order valence-electron chi connectivity index (χ0n) is 22.7. The zero-order chi connectivity index (χ0) is 27.4. The Morgan fingerprint density at radius 3 is 2.62 bits per heavy atom. The highest BCUT2D eigenvalue weighted by Crippen LogP contribution is 2.30. The molecule has 1 aliphatic heterocycles. The summed E-state index contributed by atoms with van der Waals surface area (Å²) < 4.78 is 0. The maximum Gasteiger partial charge on any atom is 0.251 e. The first kappa shape index (κ1) is 26.5. The number of pyridine rings is 2. The van der Waals surface area contributed by atoms with E-state index in [-0.39, 0.29) is 5.91 Å². The average Bonchev–Trinajstić information content (AvgIpc) is 2.96. The summed E-state index contributed by atoms with van der Waals surface area (Å²) in [6, 6.07) is 13.7. The van der Waals surface area contributed by atoms with Gasteiger partial charge in [0, 0.05) is 56.1 Å². The van der Waals surface area contributed by atoms with Gasteiger partial charge in [0.05, 0.1) is 22.4 Å². The Kier molecular flexibility index (Phi) is 7.70. The van der Waals surface area contributed by atoms with Crippen LogP contribution in [0.1, 0.15) is 42.6 Å². The number of rotatable bonds is 8. The molecule has 3 aromatic heterocycles. The van der Waals surface area contributed by atoms with Gasteiger partial charge >= 0.3 is 0 Å².